The van der Waals surface area contributed by atoms with E-state index in [4.69, 9.17) is 19.5 Å². The smallest absolute Gasteiger partial charge is 0.318 e. The molecule has 0 spiro atoms. The molecule has 2 aromatic heterocycles. The third kappa shape index (κ3) is 4.51. The number of nitrogen functional groups attached to an aromatic ring is 1. The lowest BCUT2D eigenvalue weighted by Crippen LogP contribution is -2.19. The van der Waals surface area contributed by atoms with Gasteiger partial charge in [-0.15, -0.1) is 0 Å². The minimum Gasteiger partial charge on any atom is -0.436 e. The zero-order valence-electron chi connectivity index (χ0n) is 16.6. The van der Waals surface area contributed by atoms with E-state index in [0.717, 1.165) is 29.9 Å². The van der Waals surface area contributed by atoms with Gasteiger partial charge in [0.15, 0.2) is 5.82 Å². The van der Waals surface area contributed by atoms with Crippen molar-refractivity contribution >= 4 is 19.9 Å². The zero-order chi connectivity index (χ0) is 20.2. The molecule has 3 N–H and O–H groups in total. The fraction of sp³-hybridized carbons (Fsp3) is 0.400. The summed E-state index contributed by atoms with van der Waals surface area (Å²) in [5.74, 6) is 1.58. The summed E-state index contributed by atoms with van der Waals surface area (Å²) >= 11 is 0. The summed E-state index contributed by atoms with van der Waals surface area (Å²) < 4.78 is 20.1. The Balaban J connectivity index is 1.39. The minimum atomic E-state index is -1.23. The first-order valence-corrected chi connectivity index (χ1v) is 11.0. The van der Waals surface area contributed by atoms with Gasteiger partial charge >= 0.3 is 8.53 Å². The van der Waals surface area contributed by atoms with Crippen molar-refractivity contribution in [2.45, 2.75) is 32.5 Å². The van der Waals surface area contributed by atoms with Crippen molar-refractivity contribution in [1.29, 1.82) is 0 Å². The normalized spacial score (nSPS) is 22.8. The molecule has 0 aliphatic carbocycles. The highest BCUT2D eigenvalue weighted by Gasteiger charge is 2.36. The molecule has 1 fully saturated rings. The van der Waals surface area contributed by atoms with Gasteiger partial charge in [-0.05, 0) is 36.6 Å². The molecular formula is C20H26N5O3P. The highest BCUT2D eigenvalue weighted by molar-refractivity contribution is 7.45. The number of nitrogens with one attached hydrogen (secondary N) is 1. The van der Waals surface area contributed by atoms with E-state index in [1.807, 2.05) is 53.9 Å². The predicted molar refractivity (Wildman–Crippen MR) is 112 cm³/mol. The van der Waals surface area contributed by atoms with E-state index in [-0.39, 0.29) is 12.2 Å². The molecule has 8 nitrogen and oxygen atoms in total. The number of hydrogen-bond acceptors (Lipinski definition) is 7. The SMILES string of the molecule is CCNP(OCC1CC(C)C(c2ccc3c(N)ncnn23)O1)Oc1ccccc1. The number of para-hydroxylation sites is 1. The predicted octanol–water partition coefficient (Wildman–Crippen LogP) is 3.71. The number of aromatic nitrogens is 3. The molecule has 0 amide bonds. The maximum Gasteiger partial charge on any atom is 0.318 e. The van der Waals surface area contributed by atoms with Crippen molar-refractivity contribution in [2.75, 3.05) is 18.9 Å². The third-order valence-electron chi connectivity index (χ3n) is 4.89. The first-order chi connectivity index (χ1) is 14.2. The van der Waals surface area contributed by atoms with E-state index in [1.165, 1.54) is 6.33 Å². The van der Waals surface area contributed by atoms with Crippen LogP contribution < -0.4 is 15.3 Å². The van der Waals surface area contributed by atoms with Crippen molar-refractivity contribution in [1.82, 2.24) is 19.7 Å². The molecular weight excluding hydrogens is 389 g/mol. The molecule has 154 valence electrons. The molecule has 0 bridgehead atoms. The van der Waals surface area contributed by atoms with Crippen LogP contribution in [-0.2, 0) is 9.26 Å². The number of fused-ring (bicyclic) bond motifs is 1. The van der Waals surface area contributed by atoms with E-state index in [0.29, 0.717) is 18.3 Å². The van der Waals surface area contributed by atoms with Gasteiger partial charge in [-0.1, -0.05) is 32.0 Å². The monoisotopic (exact) mass is 415 g/mol. The van der Waals surface area contributed by atoms with Crippen LogP contribution in [0.1, 0.15) is 32.1 Å². The van der Waals surface area contributed by atoms with Gasteiger partial charge < -0.3 is 19.5 Å². The molecule has 29 heavy (non-hydrogen) atoms. The van der Waals surface area contributed by atoms with E-state index in [2.05, 4.69) is 22.1 Å². The van der Waals surface area contributed by atoms with Crippen LogP contribution in [-0.4, -0.2) is 33.9 Å². The molecule has 4 atom stereocenters. The Morgan fingerprint density at radius 3 is 2.90 bits per heavy atom. The first-order valence-electron chi connectivity index (χ1n) is 9.78. The van der Waals surface area contributed by atoms with Crippen molar-refractivity contribution < 1.29 is 13.8 Å². The van der Waals surface area contributed by atoms with Crippen LogP contribution in [0.2, 0.25) is 0 Å². The summed E-state index contributed by atoms with van der Waals surface area (Å²) in [6, 6.07) is 13.6. The second-order valence-electron chi connectivity index (χ2n) is 7.06. The van der Waals surface area contributed by atoms with E-state index in [9.17, 15) is 0 Å². The molecule has 1 aliphatic rings. The van der Waals surface area contributed by atoms with Crippen molar-refractivity contribution in [3.8, 4) is 5.75 Å². The number of rotatable bonds is 8. The van der Waals surface area contributed by atoms with Crippen LogP contribution in [0.25, 0.3) is 5.52 Å². The van der Waals surface area contributed by atoms with Gasteiger partial charge in [0, 0.05) is 6.54 Å². The Morgan fingerprint density at radius 1 is 1.28 bits per heavy atom. The Labute approximate surface area is 171 Å². The van der Waals surface area contributed by atoms with Gasteiger partial charge in [0.2, 0.25) is 0 Å². The maximum atomic E-state index is 6.32. The van der Waals surface area contributed by atoms with Gasteiger partial charge in [0.05, 0.1) is 18.4 Å². The van der Waals surface area contributed by atoms with Crippen molar-refractivity contribution in [3.05, 3.63) is 54.5 Å². The number of nitrogens with zero attached hydrogens (tertiary/aromatic N) is 3. The van der Waals surface area contributed by atoms with Crippen molar-refractivity contribution in [3.63, 3.8) is 0 Å². The van der Waals surface area contributed by atoms with Crippen LogP contribution in [0.4, 0.5) is 5.82 Å². The fourth-order valence-electron chi connectivity index (χ4n) is 3.55. The summed E-state index contributed by atoms with van der Waals surface area (Å²) in [6.45, 7) is 5.44. The summed E-state index contributed by atoms with van der Waals surface area (Å²) in [5.41, 5.74) is 7.73. The molecule has 1 saturated heterocycles. The Bertz CT molecular complexity index is 938. The standard InChI is InChI=1S/C20H26N5O3P/c1-3-24-29(28-15-7-5-4-6-8-15)26-12-16-11-14(2)19(27-16)17-9-10-18-20(21)22-13-23-25(17)18/h4-10,13-14,16,19,24H,3,11-12H2,1-2H3,(H2,21,22,23). The Kier molecular flexibility index (Phi) is 6.25. The molecule has 4 unspecified atom stereocenters. The van der Waals surface area contributed by atoms with Crippen LogP contribution >= 0.6 is 8.53 Å². The van der Waals surface area contributed by atoms with Crippen LogP contribution in [0.5, 0.6) is 5.75 Å². The van der Waals surface area contributed by atoms with Crippen LogP contribution in [0, 0.1) is 5.92 Å². The minimum absolute atomic E-state index is 0.0113. The molecule has 0 saturated carbocycles. The average Bonchev–Trinajstić information content (AvgIpc) is 3.31. The number of benzene rings is 1. The molecule has 9 heteroatoms. The topological polar surface area (TPSA) is 95.9 Å². The zero-order valence-corrected chi connectivity index (χ0v) is 17.5. The molecule has 4 rings (SSSR count). The fourth-order valence-corrected chi connectivity index (χ4v) is 4.64. The number of ether oxygens (including phenoxy) is 1. The van der Waals surface area contributed by atoms with E-state index >= 15 is 0 Å². The van der Waals surface area contributed by atoms with Crippen molar-refractivity contribution in [2.24, 2.45) is 5.92 Å². The van der Waals surface area contributed by atoms with E-state index < -0.39 is 8.53 Å². The number of hydrogen-bond donors (Lipinski definition) is 2. The van der Waals surface area contributed by atoms with Gasteiger partial charge in [-0.3, -0.25) is 0 Å². The second kappa shape index (κ2) is 9.05. The summed E-state index contributed by atoms with van der Waals surface area (Å²) in [6.07, 6.45) is 2.29. The second-order valence-corrected chi connectivity index (χ2v) is 8.33. The van der Waals surface area contributed by atoms with E-state index in [1.54, 1.807) is 0 Å². The number of anilines is 1. The summed E-state index contributed by atoms with van der Waals surface area (Å²) in [5, 5.41) is 7.60. The van der Waals surface area contributed by atoms with Gasteiger partial charge in [-0.25, -0.2) is 14.6 Å². The maximum absolute atomic E-state index is 6.32. The quantitative estimate of drug-likeness (QED) is 0.542. The molecule has 0 radical (unpaired) electrons. The largest absolute Gasteiger partial charge is 0.436 e. The highest BCUT2D eigenvalue weighted by Crippen LogP contribution is 2.41. The lowest BCUT2D eigenvalue weighted by molar-refractivity contribution is 0.00836. The van der Waals surface area contributed by atoms with Gasteiger partial charge in [0.1, 0.15) is 23.7 Å². The lowest BCUT2D eigenvalue weighted by Gasteiger charge is -2.20. The lowest BCUT2D eigenvalue weighted by atomic mass is 10.00. The first kappa shape index (κ1) is 20.0. The number of nitrogens with two attached hydrogens (primary N) is 1. The molecule has 3 aromatic rings. The molecule has 1 aliphatic heterocycles. The molecule has 1 aromatic carbocycles. The van der Waals surface area contributed by atoms with Crippen LogP contribution in [0.3, 0.4) is 0 Å². The Morgan fingerprint density at radius 2 is 2.10 bits per heavy atom. The summed E-state index contributed by atoms with van der Waals surface area (Å²) in [7, 11) is -1.23. The van der Waals surface area contributed by atoms with Crippen LogP contribution in [0.15, 0.2) is 48.8 Å². The van der Waals surface area contributed by atoms with Gasteiger partial charge in [0.25, 0.3) is 0 Å². The Hall–Kier alpha value is -2.25. The third-order valence-corrected chi connectivity index (χ3v) is 6.22. The summed E-state index contributed by atoms with van der Waals surface area (Å²) in [4.78, 5) is 4.05. The highest BCUT2D eigenvalue weighted by atomic mass is 31.2. The molecule has 3 heterocycles. The van der Waals surface area contributed by atoms with Gasteiger partial charge in [-0.2, -0.15) is 5.10 Å². The average molecular weight is 415 g/mol.